The van der Waals surface area contributed by atoms with Gasteiger partial charge in [-0.2, -0.15) is 0 Å². The van der Waals surface area contributed by atoms with Crippen molar-refractivity contribution in [2.75, 3.05) is 33.4 Å². The third kappa shape index (κ3) is 3.63. The van der Waals surface area contributed by atoms with Crippen LogP contribution in [0.4, 0.5) is 0 Å². The van der Waals surface area contributed by atoms with Crippen LogP contribution in [-0.2, 0) is 4.74 Å². The monoisotopic (exact) mass is 398 g/mol. The van der Waals surface area contributed by atoms with Crippen LogP contribution in [0.1, 0.15) is 12.0 Å². The number of methoxy groups -OCH3 is 1. The van der Waals surface area contributed by atoms with Crippen molar-refractivity contribution in [3.05, 3.63) is 39.3 Å². The largest absolute Gasteiger partial charge is 0.484 e. The van der Waals surface area contributed by atoms with E-state index in [9.17, 15) is 0 Å². The van der Waals surface area contributed by atoms with E-state index in [0.29, 0.717) is 10.9 Å². The standard InChI is InChI=1S/C17H20BrClN2O2/c1-23-17-12(9-21-7-11(8-21)10-22)5-6-15(20-17)13-3-2-4-14(18)16(13)19/h2-4,6,11-12,22H,5,7-10H2,1H3. The van der Waals surface area contributed by atoms with Gasteiger partial charge in [0, 0.05) is 42.2 Å². The maximum absolute atomic E-state index is 9.12. The zero-order chi connectivity index (χ0) is 16.4. The fourth-order valence-electron chi connectivity index (χ4n) is 3.10. The predicted molar refractivity (Wildman–Crippen MR) is 96.7 cm³/mol. The number of benzene rings is 1. The number of aliphatic hydroxyl groups excluding tert-OH is 1. The zero-order valence-corrected chi connectivity index (χ0v) is 15.3. The van der Waals surface area contributed by atoms with Crippen LogP contribution in [0.5, 0.6) is 0 Å². The fraction of sp³-hybridized carbons (Fsp3) is 0.471. The first-order valence-corrected chi connectivity index (χ1v) is 8.89. The first-order chi connectivity index (χ1) is 11.1. The van der Waals surface area contributed by atoms with Gasteiger partial charge in [-0.25, -0.2) is 4.99 Å². The number of ether oxygens (including phenoxy) is 1. The number of rotatable bonds is 4. The van der Waals surface area contributed by atoms with Crippen molar-refractivity contribution in [1.29, 1.82) is 0 Å². The molecule has 2 aliphatic heterocycles. The normalized spacial score (nSPS) is 22.3. The average molecular weight is 400 g/mol. The summed E-state index contributed by atoms with van der Waals surface area (Å²) in [5.41, 5.74) is 1.78. The number of likely N-dealkylation sites (tertiary alicyclic amines) is 1. The molecular weight excluding hydrogens is 380 g/mol. The molecule has 1 unspecified atom stereocenters. The molecular formula is C17H20BrClN2O2. The van der Waals surface area contributed by atoms with Crippen LogP contribution in [0.25, 0.3) is 5.70 Å². The third-order valence-electron chi connectivity index (χ3n) is 4.38. The fourth-order valence-corrected chi connectivity index (χ4v) is 3.69. The Labute approximate surface area is 149 Å². The van der Waals surface area contributed by atoms with Crippen molar-refractivity contribution in [3.8, 4) is 0 Å². The van der Waals surface area contributed by atoms with Crippen LogP contribution in [0.2, 0.25) is 5.02 Å². The number of allylic oxidation sites excluding steroid dienone is 1. The van der Waals surface area contributed by atoms with E-state index in [1.54, 1.807) is 7.11 Å². The molecule has 6 heteroatoms. The van der Waals surface area contributed by atoms with E-state index in [1.807, 2.05) is 18.2 Å². The maximum atomic E-state index is 9.12. The molecule has 1 N–H and O–H groups in total. The molecule has 0 aromatic heterocycles. The van der Waals surface area contributed by atoms with E-state index in [1.165, 1.54) is 0 Å². The highest BCUT2D eigenvalue weighted by Gasteiger charge is 2.31. The van der Waals surface area contributed by atoms with Crippen LogP contribution < -0.4 is 0 Å². The first kappa shape index (κ1) is 17.0. The number of hydrogen-bond donors (Lipinski definition) is 1. The Morgan fingerprint density at radius 3 is 2.91 bits per heavy atom. The molecule has 1 aromatic carbocycles. The topological polar surface area (TPSA) is 45.1 Å². The van der Waals surface area contributed by atoms with Crippen molar-refractivity contribution in [1.82, 2.24) is 4.90 Å². The van der Waals surface area contributed by atoms with E-state index in [-0.39, 0.29) is 12.5 Å². The van der Waals surface area contributed by atoms with Gasteiger partial charge in [0.2, 0.25) is 0 Å². The Hall–Kier alpha value is -0.880. The smallest absolute Gasteiger partial charge is 0.192 e. The van der Waals surface area contributed by atoms with Crippen molar-refractivity contribution in [3.63, 3.8) is 0 Å². The number of aliphatic imine (C=N–C) groups is 1. The van der Waals surface area contributed by atoms with Gasteiger partial charge in [0.05, 0.1) is 23.7 Å². The minimum atomic E-state index is 0.259. The second kappa shape index (κ2) is 7.34. The van der Waals surface area contributed by atoms with Crippen LogP contribution in [0, 0.1) is 11.8 Å². The molecule has 23 heavy (non-hydrogen) atoms. The average Bonchev–Trinajstić information content (AvgIpc) is 2.53. The van der Waals surface area contributed by atoms with Crippen molar-refractivity contribution < 1.29 is 9.84 Å². The molecule has 2 aliphatic rings. The van der Waals surface area contributed by atoms with Crippen LogP contribution in [-0.4, -0.2) is 49.3 Å². The molecule has 3 rings (SSSR count). The summed E-state index contributed by atoms with van der Waals surface area (Å²) in [4.78, 5) is 7.02. The number of hydrogen-bond acceptors (Lipinski definition) is 4. The SMILES string of the molecule is COC1=NC(c2cccc(Br)c2Cl)=CCC1CN1CC(CO)C1. The molecule has 1 saturated heterocycles. The molecule has 2 heterocycles. The van der Waals surface area contributed by atoms with Crippen LogP contribution >= 0.6 is 27.5 Å². The molecule has 0 spiro atoms. The maximum Gasteiger partial charge on any atom is 0.192 e. The highest BCUT2D eigenvalue weighted by molar-refractivity contribution is 9.10. The van der Waals surface area contributed by atoms with Gasteiger partial charge in [0.25, 0.3) is 0 Å². The second-order valence-corrected chi connectivity index (χ2v) is 7.28. The van der Waals surface area contributed by atoms with Gasteiger partial charge in [-0.15, -0.1) is 0 Å². The molecule has 124 valence electrons. The van der Waals surface area contributed by atoms with E-state index in [0.717, 1.165) is 47.7 Å². The van der Waals surface area contributed by atoms with Gasteiger partial charge < -0.3 is 14.7 Å². The van der Waals surface area contributed by atoms with Crippen molar-refractivity contribution in [2.45, 2.75) is 6.42 Å². The van der Waals surface area contributed by atoms with Gasteiger partial charge in [-0.1, -0.05) is 29.8 Å². The molecule has 0 saturated carbocycles. The Morgan fingerprint density at radius 1 is 1.43 bits per heavy atom. The number of halogens is 2. The summed E-state index contributed by atoms with van der Waals surface area (Å²) < 4.78 is 6.39. The van der Waals surface area contributed by atoms with Gasteiger partial charge in [0.1, 0.15) is 0 Å². The van der Waals surface area contributed by atoms with E-state index in [4.69, 9.17) is 21.4 Å². The molecule has 1 aromatic rings. The number of aliphatic hydroxyl groups is 1. The van der Waals surface area contributed by atoms with E-state index < -0.39 is 0 Å². The van der Waals surface area contributed by atoms with Gasteiger partial charge in [-0.3, -0.25) is 0 Å². The lowest BCUT2D eigenvalue weighted by Gasteiger charge is -2.40. The lowest BCUT2D eigenvalue weighted by atomic mass is 9.94. The summed E-state index contributed by atoms with van der Waals surface area (Å²) in [7, 11) is 1.67. The summed E-state index contributed by atoms with van der Waals surface area (Å²) in [5, 5.41) is 9.79. The van der Waals surface area contributed by atoms with Gasteiger partial charge in [-0.05, 0) is 28.4 Å². The van der Waals surface area contributed by atoms with Crippen molar-refractivity contribution in [2.24, 2.45) is 16.8 Å². The zero-order valence-electron chi connectivity index (χ0n) is 13.0. The molecule has 4 nitrogen and oxygen atoms in total. The lowest BCUT2D eigenvalue weighted by molar-refractivity contribution is 0.0463. The summed E-state index contributed by atoms with van der Waals surface area (Å²) in [5.74, 6) is 1.44. The summed E-state index contributed by atoms with van der Waals surface area (Å²) in [6.45, 7) is 3.10. The summed E-state index contributed by atoms with van der Waals surface area (Å²) >= 11 is 9.82. The first-order valence-electron chi connectivity index (χ1n) is 7.72. The van der Waals surface area contributed by atoms with Crippen LogP contribution in [0.15, 0.2) is 33.7 Å². The molecule has 0 bridgehead atoms. The summed E-state index contributed by atoms with van der Waals surface area (Å²) in [6, 6.07) is 5.84. The lowest BCUT2D eigenvalue weighted by Crippen LogP contribution is -2.51. The Morgan fingerprint density at radius 2 is 2.22 bits per heavy atom. The van der Waals surface area contributed by atoms with E-state index >= 15 is 0 Å². The Bertz CT molecular complexity index is 641. The summed E-state index contributed by atoms with van der Waals surface area (Å²) in [6.07, 6.45) is 3.01. The molecule has 0 aliphatic carbocycles. The minimum Gasteiger partial charge on any atom is -0.484 e. The van der Waals surface area contributed by atoms with Gasteiger partial charge >= 0.3 is 0 Å². The predicted octanol–water partition coefficient (Wildman–Crippen LogP) is 3.43. The third-order valence-corrected chi connectivity index (χ3v) is 5.68. The minimum absolute atomic E-state index is 0.259. The molecule has 1 fully saturated rings. The Balaban J connectivity index is 1.72. The van der Waals surface area contributed by atoms with Crippen LogP contribution in [0.3, 0.4) is 0 Å². The molecule has 1 atom stereocenters. The molecule has 0 radical (unpaired) electrons. The van der Waals surface area contributed by atoms with E-state index in [2.05, 4.69) is 31.9 Å². The second-order valence-electron chi connectivity index (χ2n) is 6.04. The quantitative estimate of drug-likeness (QED) is 0.843. The molecule has 0 amide bonds. The number of nitrogens with zero attached hydrogens (tertiary/aromatic N) is 2. The highest BCUT2D eigenvalue weighted by Crippen LogP contribution is 2.34. The van der Waals surface area contributed by atoms with Crippen molar-refractivity contribution >= 4 is 39.1 Å². The Kier molecular flexibility index (Phi) is 5.42. The van der Waals surface area contributed by atoms with Gasteiger partial charge in [0.15, 0.2) is 5.90 Å². The highest BCUT2D eigenvalue weighted by atomic mass is 79.9.